The number of carbonyl (C=O) groups excluding carboxylic acids is 1. The Bertz CT molecular complexity index is 561. The van der Waals surface area contributed by atoms with Crippen molar-refractivity contribution in [2.45, 2.75) is 44.3 Å². The summed E-state index contributed by atoms with van der Waals surface area (Å²) in [5.41, 5.74) is 1.20. The third kappa shape index (κ3) is 3.95. The van der Waals surface area contributed by atoms with Crippen LogP contribution in [0.25, 0.3) is 0 Å². The molecule has 4 rings (SSSR count). The Kier molecular flexibility index (Phi) is 4.81. The minimum atomic E-state index is -0.252. The first-order valence-electron chi connectivity index (χ1n) is 9.32. The summed E-state index contributed by atoms with van der Waals surface area (Å²) in [5.74, 6) is 1.55. The summed E-state index contributed by atoms with van der Waals surface area (Å²) in [5, 5.41) is 3.04. The highest BCUT2D eigenvalue weighted by atomic mass is 16.5. The minimum Gasteiger partial charge on any atom is -0.364 e. The van der Waals surface area contributed by atoms with Crippen molar-refractivity contribution in [2.75, 3.05) is 26.2 Å². The zero-order valence-corrected chi connectivity index (χ0v) is 14.2. The standard InChI is InChI=1S/C19H27N3O2/c23-19(21-9-5-14-3-7-20-8-4-14)17-11-16-6-10-22(12-15-1-2-15)13-18(16)24-17/h3-4,7-8,15-18H,1-2,5-6,9-13H2,(H,21,23)/t16-,17+,18+/m1/s1. The van der Waals surface area contributed by atoms with E-state index in [0.29, 0.717) is 12.5 Å². The molecule has 1 aliphatic carbocycles. The normalized spacial score (nSPS) is 30.1. The van der Waals surface area contributed by atoms with E-state index in [4.69, 9.17) is 4.74 Å². The molecule has 3 aliphatic rings. The van der Waals surface area contributed by atoms with E-state index >= 15 is 0 Å². The van der Waals surface area contributed by atoms with Crippen molar-refractivity contribution in [3.05, 3.63) is 30.1 Å². The molecule has 5 nitrogen and oxygen atoms in total. The van der Waals surface area contributed by atoms with E-state index < -0.39 is 0 Å². The van der Waals surface area contributed by atoms with Gasteiger partial charge in [-0.15, -0.1) is 0 Å². The summed E-state index contributed by atoms with van der Waals surface area (Å²) in [6.45, 7) is 4.08. The van der Waals surface area contributed by atoms with Crippen LogP contribution in [0.1, 0.15) is 31.2 Å². The lowest BCUT2D eigenvalue weighted by Gasteiger charge is -2.34. The lowest BCUT2D eigenvalue weighted by atomic mass is 9.91. The number of nitrogens with one attached hydrogen (secondary N) is 1. The van der Waals surface area contributed by atoms with Crippen molar-refractivity contribution in [1.29, 1.82) is 0 Å². The van der Waals surface area contributed by atoms with Gasteiger partial charge in [0.2, 0.25) is 5.91 Å². The van der Waals surface area contributed by atoms with Gasteiger partial charge in [0.25, 0.3) is 0 Å². The molecular formula is C19H27N3O2. The van der Waals surface area contributed by atoms with E-state index in [0.717, 1.165) is 25.3 Å². The fourth-order valence-electron chi connectivity index (χ4n) is 3.99. The average molecular weight is 329 g/mol. The summed E-state index contributed by atoms with van der Waals surface area (Å²) in [6, 6.07) is 3.97. The molecule has 5 heteroatoms. The third-order valence-corrected chi connectivity index (χ3v) is 5.60. The number of hydrogen-bond donors (Lipinski definition) is 1. The Morgan fingerprint density at radius 1 is 1.29 bits per heavy atom. The van der Waals surface area contributed by atoms with Gasteiger partial charge in [-0.25, -0.2) is 0 Å². The summed E-state index contributed by atoms with van der Waals surface area (Å²) < 4.78 is 6.10. The van der Waals surface area contributed by atoms with E-state index in [1.807, 2.05) is 12.1 Å². The highest BCUT2D eigenvalue weighted by Gasteiger charge is 2.42. The number of carbonyl (C=O) groups is 1. The molecule has 0 bridgehead atoms. The summed E-state index contributed by atoms with van der Waals surface area (Å²) in [4.78, 5) is 18.9. The fraction of sp³-hybridized carbons (Fsp3) is 0.684. The highest BCUT2D eigenvalue weighted by molar-refractivity contribution is 5.81. The summed E-state index contributed by atoms with van der Waals surface area (Å²) in [7, 11) is 0. The van der Waals surface area contributed by atoms with Crippen LogP contribution in [0.5, 0.6) is 0 Å². The second-order valence-electron chi connectivity index (χ2n) is 7.55. The molecule has 0 unspecified atom stereocenters. The number of likely N-dealkylation sites (tertiary alicyclic amines) is 1. The van der Waals surface area contributed by atoms with Crippen LogP contribution >= 0.6 is 0 Å². The van der Waals surface area contributed by atoms with Crippen molar-refractivity contribution in [3.8, 4) is 0 Å². The van der Waals surface area contributed by atoms with Crippen molar-refractivity contribution in [2.24, 2.45) is 11.8 Å². The molecule has 2 saturated heterocycles. The zero-order chi connectivity index (χ0) is 16.4. The number of hydrogen-bond acceptors (Lipinski definition) is 4. The van der Waals surface area contributed by atoms with Crippen LogP contribution in [0.4, 0.5) is 0 Å². The Labute approximate surface area is 143 Å². The Balaban J connectivity index is 1.21. The monoisotopic (exact) mass is 329 g/mol. The molecule has 0 spiro atoms. The molecule has 2 aliphatic heterocycles. The van der Waals surface area contributed by atoms with Crippen LogP contribution in [0.2, 0.25) is 0 Å². The summed E-state index contributed by atoms with van der Waals surface area (Å²) in [6.07, 6.45) is 9.28. The first-order chi connectivity index (χ1) is 11.8. The van der Waals surface area contributed by atoms with E-state index in [9.17, 15) is 4.79 Å². The van der Waals surface area contributed by atoms with Gasteiger partial charge in [-0.1, -0.05) is 0 Å². The van der Waals surface area contributed by atoms with Crippen molar-refractivity contribution < 1.29 is 9.53 Å². The molecule has 1 aromatic rings. The van der Waals surface area contributed by atoms with Gasteiger partial charge in [-0.05, 0) is 68.2 Å². The molecule has 3 heterocycles. The molecule has 3 fully saturated rings. The fourth-order valence-corrected chi connectivity index (χ4v) is 3.99. The highest BCUT2D eigenvalue weighted by Crippen LogP contribution is 2.36. The van der Waals surface area contributed by atoms with Crippen LogP contribution < -0.4 is 5.32 Å². The number of fused-ring (bicyclic) bond motifs is 1. The van der Waals surface area contributed by atoms with Gasteiger partial charge >= 0.3 is 0 Å². The van der Waals surface area contributed by atoms with Gasteiger partial charge < -0.3 is 15.0 Å². The quantitative estimate of drug-likeness (QED) is 0.862. The third-order valence-electron chi connectivity index (χ3n) is 5.60. The number of rotatable bonds is 6. The number of amides is 1. The van der Waals surface area contributed by atoms with E-state index in [-0.39, 0.29) is 18.1 Å². The van der Waals surface area contributed by atoms with Gasteiger partial charge in [0, 0.05) is 32.0 Å². The maximum Gasteiger partial charge on any atom is 0.249 e. The molecule has 0 aromatic carbocycles. The predicted molar refractivity (Wildman–Crippen MR) is 91.5 cm³/mol. The molecule has 1 amide bonds. The second kappa shape index (κ2) is 7.19. The Morgan fingerprint density at radius 2 is 2.12 bits per heavy atom. The van der Waals surface area contributed by atoms with E-state index in [1.54, 1.807) is 12.4 Å². The molecule has 1 N–H and O–H groups in total. The van der Waals surface area contributed by atoms with E-state index in [2.05, 4.69) is 15.2 Å². The molecule has 0 radical (unpaired) electrons. The van der Waals surface area contributed by atoms with Crippen LogP contribution in [0.3, 0.4) is 0 Å². The molecule has 1 aromatic heterocycles. The van der Waals surface area contributed by atoms with Crippen LogP contribution in [-0.4, -0.2) is 54.2 Å². The number of ether oxygens (including phenoxy) is 1. The lowest BCUT2D eigenvalue weighted by Crippen LogP contribution is -2.43. The number of piperidine rings is 1. The van der Waals surface area contributed by atoms with Gasteiger partial charge in [0.15, 0.2) is 0 Å². The van der Waals surface area contributed by atoms with Crippen molar-refractivity contribution in [1.82, 2.24) is 15.2 Å². The predicted octanol–water partition coefficient (Wildman–Crippen LogP) is 1.63. The van der Waals surface area contributed by atoms with Crippen molar-refractivity contribution >= 4 is 5.91 Å². The smallest absolute Gasteiger partial charge is 0.249 e. The topological polar surface area (TPSA) is 54.5 Å². The molecule has 24 heavy (non-hydrogen) atoms. The van der Waals surface area contributed by atoms with Gasteiger partial charge in [-0.3, -0.25) is 9.78 Å². The molecular weight excluding hydrogens is 302 g/mol. The molecule has 1 saturated carbocycles. The van der Waals surface area contributed by atoms with Gasteiger partial charge in [0.05, 0.1) is 6.10 Å². The maximum absolute atomic E-state index is 12.4. The number of pyridine rings is 1. The molecule has 3 atom stereocenters. The Hall–Kier alpha value is -1.46. The SMILES string of the molecule is O=C(NCCc1ccncc1)[C@@H]1C[C@H]2CCN(CC3CC3)C[C@@H]2O1. The number of nitrogens with zero attached hydrogens (tertiary/aromatic N) is 2. The van der Waals surface area contributed by atoms with Crippen molar-refractivity contribution in [3.63, 3.8) is 0 Å². The first-order valence-corrected chi connectivity index (χ1v) is 9.32. The Morgan fingerprint density at radius 3 is 2.92 bits per heavy atom. The number of aromatic nitrogens is 1. The van der Waals surface area contributed by atoms with Gasteiger partial charge in [-0.2, -0.15) is 0 Å². The van der Waals surface area contributed by atoms with Crippen LogP contribution in [-0.2, 0) is 16.0 Å². The lowest BCUT2D eigenvalue weighted by molar-refractivity contribution is -0.132. The zero-order valence-electron chi connectivity index (χ0n) is 14.2. The van der Waals surface area contributed by atoms with Gasteiger partial charge in [0.1, 0.15) is 6.10 Å². The van der Waals surface area contributed by atoms with E-state index in [1.165, 1.54) is 37.9 Å². The maximum atomic E-state index is 12.4. The first kappa shape index (κ1) is 16.0. The summed E-state index contributed by atoms with van der Waals surface area (Å²) >= 11 is 0. The minimum absolute atomic E-state index is 0.0622. The average Bonchev–Trinajstić information content (AvgIpc) is 3.31. The largest absolute Gasteiger partial charge is 0.364 e. The second-order valence-corrected chi connectivity index (χ2v) is 7.55. The van der Waals surface area contributed by atoms with Crippen LogP contribution in [0, 0.1) is 11.8 Å². The molecule has 130 valence electrons. The van der Waals surface area contributed by atoms with Crippen LogP contribution in [0.15, 0.2) is 24.5 Å².